The van der Waals surface area contributed by atoms with Gasteiger partial charge in [0.2, 0.25) is 5.91 Å². The van der Waals surface area contributed by atoms with Crippen molar-refractivity contribution < 1.29 is 9.53 Å². The van der Waals surface area contributed by atoms with Gasteiger partial charge in [0.25, 0.3) is 0 Å². The second kappa shape index (κ2) is 4.94. The first-order valence-electron chi connectivity index (χ1n) is 6.58. The molecule has 1 aromatic heterocycles. The van der Waals surface area contributed by atoms with Crippen LogP contribution in [0.1, 0.15) is 32.9 Å². The molecule has 1 aliphatic carbocycles. The number of aromatic amines is 1. The monoisotopic (exact) mass is 266 g/mol. The van der Waals surface area contributed by atoms with Gasteiger partial charge in [0, 0.05) is 24.6 Å². The lowest BCUT2D eigenvalue weighted by atomic mass is 9.54. The maximum absolute atomic E-state index is 12.3. The Hall–Kier alpha value is -1.40. The van der Waals surface area contributed by atoms with E-state index in [-0.39, 0.29) is 17.4 Å². The van der Waals surface area contributed by atoms with Crippen LogP contribution in [0.5, 0.6) is 0 Å². The van der Waals surface area contributed by atoms with Crippen molar-refractivity contribution >= 4 is 5.91 Å². The highest BCUT2D eigenvalue weighted by atomic mass is 16.5. The van der Waals surface area contributed by atoms with Crippen LogP contribution in [-0.2, 0) is 16.1 Å². The number of hydrogen-bond donors (Lipinski definition) is 3. The second-order valence-electron chi connectivity index (χ2n) is 5.60. The molecule has 1 heterocycles. The number of nitrogens with one attached hydrogen (secondary N) is 2. The molecule has 0 aromatic carbocycles. The van der Waals surface area contributed by atoms with E-state index in [1.807, 2.05) is 20.8 Å². The van der Waals surface area contributed by atoms with Gasteiger partial charge in [-0.25, -0.2) is 4.98 Å². The van der Waals surface area contributed by atoms with Crippen molar-refractivity contribution in [3.8, 4) is 0 Å². The van der Waals surface area contributed by atoms with Crippen molar-refractivity contribution in [2.45, 2.75) is 45.4 Å². The predicted octanol–water partition coefficient (Wildman–Crippen LogP) is 0.558. The van der Waals surface area contributed by atoms with E-state index >= 15 is 0 Å². The molecule has 19 heavy (non-hydrogen) atoms. The van der Waals surface area contributed by atoms with Crippen LogP contribution in [0.25, 0.3) is 0 Å². The molecule has 0 saturated heterocycles. The van der Waals surface area contributed by atoms with Crippen molar-refractivity contribution in [3.05, 3.63) is 18.2 Å². The molecule has 1 amide bonds. The van der Waals surface area contributed by atoms with E-state index in [0.717, 1.165) is 5.69 Å². The topological polar surface area (TPSA) is 93.0 Å². The number of H-pyrrole nitrogens is 1. The van der Waals surface area contributed by atoms with E-state index in [1.165, 1.54) is 0 Å². The minimum atomic E-state index is -0.868. The van der Waals surface area contributed by atoms with Crippen LogP contribution in [0.2, 0.25) is 0 Å². The fourth-order valence-corrected chi connectivity index (χ4v) is 2.54. The van der Waals surface area contributed by atoms with Crippen LogP contribution in [0.15, 0.2) is 12.5 Å². The van der Waals surface area contributed by atoms with E-state index in [2.05, 4.69) is 15.3 Å². The van der Waals surface area contributed by atoms with Crippen molar-refractivity contribution in [2.75, 3.05) is 6.61 Å². The fraction of sp³-hybridized carbons (Fsp3) is 0.692. The van der Waals surface area contributed by atoms with Gasteiger partial charge in [-0.05, 0) is 6.92 Å². The summed E-state index contributed by atoms with van der Waals surface area (Å²) in [5.41, 5.74) is 5.90. The van der Waals surface area contributed by atoms with Crippen LogP contribution < -0.4 is 11.1 Å². The molecule has 106 valence electrons. The quantitative estimate of drug-likeness (QED) is 0.726. The zero-order valence-electron chi connectivity index (χ0n) is 11.7. The molecule has 2 atom stereocenters. The van der Waals surface area contributed by atoms with Gasteiger partial charge in [0.15, 0.2) is 0 Å². The van der Waals surface area contributed by atoms with Gasteiger partial charge < -0.3 is 20.8 Å². The SMILES string of the molecule is CCOC1CC(N)(C(=O)NCc2cnc[nH]2)C1(C)C. The fourth-order valence-electron chi connectivity index (χ4n) is 2.54. The molecule has 1 aliphatic rings. The number of carbonyl (C=O) groups excluding carboxylic acids is 1. The maximum atomic E-state index is 12.3. The molecule has 0 bridgehead atoms. The number of nitrogens with two attached hydrogens (primary N) is 1. The van der Waals surface area contributed by atoms with Crippen molar-refractivity contribution in [3.63, 3.8) is 0 Å². The number of rotatable bonds is 5. The molecular formula is C13H22N4O2. The first-order chi connectivity index (χ1) is 8.91. The smallest absolute Gasteiger partial charge is 0.241 e. The average molecular weight is 266 g/mol. The Morgan fingerprint density at radius 3 is 2.95 bits per heavy atom. The molecule has 0 radical (unpaired) electrons. The molecule has 1 saturated carbocycles. The lowest BCUT2D eigenvalue weighted by molar-refractivity contribution is -0.170. The molecule has 1 fully saturated rings. The molecule has 0 aliphatic heterocycles. The molecule has 6 nitrogen and oxygen atoms in total. The van der Waals surface area contributed by atoms with E-state index in [9.17, 15) is 4.79 Å². The zero-order chi connectivity index (χ0) is 14.1. The third-order valence-electron chi connectivity index (χ3n) is 4.23. The number of amides is 1. The summed E-state index contributed by atoms with van der Waals surface area (Å²) < 4.78 is 5.61. The molecule has 1 aromatic rings. The summed E-state index contributed by atoms with van der Waals surface area (Å²) in [7, 11) is 0. The number of hydrogen-bond acceptors (Lipinski definition) is 4. The first kappa shape index (κ1) is 14.0. The Morgan fingerprint density at radius 1 is 1.68 bits per heavy atom. The molecule has 2 unspecified atom stereocenters. The molecule has 6 heteroatoms. The van der Waals surface area contributed by atoms with Crippen LogP contribution in [0, 0.1) is 5.41 Å². The predicted molar refractivity (Wildman–Crippen MR) is 71.2 cm³/mol. The maximum Gasteiger partial charge on any atom is 0.241 e. The largest absolute Gasteiger partial charge is 0.378 e. The van der Waals surface area contributed by atoms with Gasteiger partial charge in [0.1, 0.15) is 5.54 Å². The third-order valence-corrected chi connectivity index (χ3v) is 4.23. The van der Waals surface area contributed by atoms with Crippen molar-refractivity contribution in [2.24, 2.45) is 11.1 Å². The molecule has 4 N–H and O–H groups in total. The normalized spacial score (nSPS) is 28.7. The van der Waals surface area contributed by atoms with Gasteiger partial charge in [0.05, 0.1) is 24.7 Å². The van der Waals surface area contributed by atoms with Gasteiger partial charge in [-0.1, -0.05) is 13.8 Å². The Balaban J connectivity index is 1.95. The number of carbonyl (C=O) groups is 1. The number of nitrogens with zero attached hydrogens (tertiary/aromatic N) is 1. The number of imidazole rings is 1. The van der Waals surface area contributed by atoms with E-state index in [4.69, 9.17) is 10.5 Å². The molecule has 2 rings (SSSR count). The van der Waals surface area contributed by atoms with Crippen LogP contribution in [0.4, 0.5) is 0 Å². The van der Waals surface area contributed by atoms with Crippen LogP contribution >= 0.6 is 0 Å². The average Bonchev–Trinajstić information content (AvgIpc) is 2.88. The highest BCUT2D eigenvalue weighted by Gasteiger charge is 2.62. The second-order valence-corrected chi connectivity index (χ2v) is 5.60. The minimum Gasteiger partial charge on any atom is -0.378 e. The summed E-state index contributed by atoms with van der Waals surface area (Å²) in [5.74, 6) is -0.136. The summed E-state index contributed by atoms with van der Waals surface area (Å²) in [6, 6.07) is 0. The summed E-state index contributed by atoms with van der Waals surface area (Å²) in [6.07, 6.45) is 3.86. The van der Waals surface area contributed by atoms with E-state index in [0.29, 0.717) is 19.6 Å². The Kier molecular flexibility index (Phi) is 3.64. The van der Waals surface area contributed by atoms with Crippen LogP contribution in [0.3, 0.4) is 0 Å². The van der Waals surface area contributed by atoms with E-state index in [1.54, 1.807) is 12.5 Å². The summed E-state index contributed by atoms with van der Waals surface area (Å²) in [4.78, 5) is 19.1. The lowest BCUT2D eigenvalue weighted by Gasteiger charge is -2.57. The third kappa shape index (κ3) is 2.26. The minimum absolute atomic E-state index is 0.0420. The van der Waals surface area contributed by atoms with Crippen molar-refractivity contribution in [1.82, 2.24) is 15.3 Å². The van der Waals surface area contributed by atoms with Gasteiger partial charge in [-0.3, -0.25) is 4.79 Å². The standard InChI is InChI=1S/C13H22N4O2/c1-4-19-10-5-13(14,12(10,2)3)11(18)16-7-9-6-15-8-17-9/h6,8,10H,4-5,7,14H2,1-3H3,(H,15,17)(H,16,18). The molecule has 0 spiro atoms. The zero-order valence-corrected chi connectivity index (χ0v) is 11.7. The summed E-state index contributed by atoms with van der Waals surface area (Å²) in [6.45, 7) is 6.96. The molecular weight excluding hydrogens is 244 g/mol. The van der Waals surface area contributed by atoms with Crippen LogP contribution in [-0.4, -0.2) is 34.1 Å². The summed E-state index contributed by atoms with van der Waals surface area (Å²) in [5, 5.41) is 2.86. The Bertz CT molecular complexity index is 444. The van der Waals surface area contributed by atoms with E-state index < -0.39 is 5.54 Å². The Morgan fingerprint density at radius 2 is 2.42 bits per heavy atom. The Labute approximate surface area is 113 Å². The van der Waals surface area contributed by atoms with Crippen molar-refractivity contribution in [1.29, 1.82) is 0 Å². The highest BCUT2D eigenvalue weighted by Crippen LogP contribution is 2.49. The number of aromatic nitrogens is 2. The van der Waals surface area contributed by atoms with Gasteiger partial charge in [-0.15, -0.1) is 0 Å². The van der Waals surface area contributed by atoms with Gasteiger partial charge >= 0.3 is 0 Å². The number of ether oxygens (including phenoxy) is 1. The first-order valence-corrected chi connectivity index (χ1v) is 6.58. The lowest BCUT2D eigenvalue weighted by Crippen LogP contribution is -2.75. The summed E-state index contributed by atoms with van der Waals surface area (Å²) >= 11 is 0. The highest BCUT2D eigenvalue weighted by molar-refractivity contribution is 5.88. The van der Waals surface area contributed by atoms with Gasteiger partial charge in [-0.2, -0.15) is 0 Å².